The SMILES string of the molecule is CC(C)NCC(O)c1cc(O)cc(O)c1.CC(C)NCC(O)c1cc(O)cc(O)c1.CC(C)NCC(O)c1cc(O)cc(O)c1.O=S(=O)(O)O. The van der Waals surface area contributed by atoms with E-state index in [9.17, 15) is 46.0 Å². The number of nitrogens with one attached hydrogen (secondary N) is 3. The summed E-state index contributed by atoms with van der Waals surface area (Å²) in [5.74, 6) is -0.286. The van der Waals surface area contributed by atoms with Gasteiger partial charge >= 0.3 is 10.4 Å². The van der Waals surface area contributed by atoms with Crippen molar-refractivity contribution in [2.45, 2.75) is 78.0 Å². The average molecular weight is 732 g/mol. The molecule has 16 nitrogen and oxygen atoms in total. The van der Waals surface area contributed by atoms with E-state index in [0.29, 0.717) is 36.3 Å². The van der Waals surface area contributed by atoms with Gasteiger partial charge in [0, 0.05) is 56.0 Å². The van der Waals surface area contributed by atoms with Crippen molar-refractivity contribution in [2.24, 2.45) is 0 Å². The summed E-state index contributed by atoms with van der Waals surface area (Å²) in [6.45, 7) is 13.0. The molecule has 0 fully saturated rings. The van der Waals surface area contributed by atoms with Crippen molar-refractivity contribution < 1.29 is 63.5 Å². The molecule has 17 heteroatoms. The number of hydrogen-bond donors (Lipinski definition) is 14. The first kappa shape index (κ1) is 46.1. The van der Waals surface area contributed by atoms with Gasteiger partial charge in [-0.15, -0.1) is 0 Å². The second-order valence-electron chi connectivity index (χ2n) is 12.0. The highest BCUT2D eigenvalue weighted by molar-refractivity contribution is 7.79. The van der Waals surface area contributed by atoms with Crippen LogP contribution in [0.1, 0.15) is 76.5 Å². The highest BCUT2D eigenvalue weighted by atomic mass is 32.3. The van der Waals surface area contributed by atoms with Crippen LogP contribution in [0.15, 0.2) is 54.6 Å². The third-order valence-electron chi connectivity index (χ3n) is 6.09. The summed E-state index contributed by atoms with van der Waals surface area (Å²) in [5, 5.41) is 93.8. The molecule has 3 aromatic carbocycles. The first-order valence-electron chi connectivity index (χ1n) is 15.5. The zero-order chi connectivity index (χ0) is 38.8. The lowest BCUT2D eigenvalue weighted by atomic mass is 10.1. The molecule has 0 spiro atoms. The Kier molecular flexibility index (Phi) is 21.0. The molecule has 0 aliphatic heterocycles. The maximum Gasteiger partial charge on any atom is 0.394 e. The van der Waals surface area contributed by atoms with Crippen LogP contribution in [0.3, 0.4) is 0 Å². The summed E-state index contributed by atoms with van der Waals surface area (Å²) < 4.78 is 31.6. The number of phenolic OH excluding ortho intramolecular Hbond substituents is 6. The monoisotopic (exact) mass is 731 g/mol. The summed E-state index contributed by atoms with van der Waals surface area (Å²) >= 11 is 0. The molecule has 0 saturated carbocycles. The third-order valence-corrected chi connectivity index (χ3v) is 6.09. The predicted molar refractivity (Wildman–Crippen MR) is 188 cm³/mol. The van der Waals surface area contributed by atoms with E-state index in [1.807, 2.05) is 41.5 Å². The Labute approximate surface area is 292 Å². The molecule has 14 N–H and O–H groups in total. The van der Waals surface area contributed by atoms with E-state index in [0.717, 1.165) is 0 Å². The Morgan fingerprint density at radius 3 is 0.740 bits per heavy atom. The van der Waals surface area contributed by atoms with E-state index in [2.05, 4.69) is 16.0 Å². The number of phenols is 6. The molecular weight excluding hydrogens is 678 g/mol. The Hall–Kier alpha value is -3.91. The molecule has 284 valence electrons. The zero-order valence-electron chi connectivity index (χ0n) is 28.9. The fraction of sp³-hybridized carbons (Fsp3) is 0.455. The van der Waals surface area contributed by atoms with E-state index < -0.39 is 28.7 Å². The van der Waals surface area contributed by atoms with Gasteiger partial charge in [0.05, 0.1) is 18.3 Å². The second kappa shape index (κ2) is 22.7. The van der Waals surface area contributed by atoms with Crippen LogP contribution in [0.25, 0.3) is 0 Å². The molecule has 3 aromatic rings. The van der Waals surface area contributed by atoms with Crippen LogP contribution in [-0.2, 0) is 10.4 Å². The van der Waals surface area contributed by atoms with Crippen LogP contribution < -0.4 is 16.0 Å². The average Bonchev–Trinajstić information content (AvgIpc) is 2.95. The van der Waals surface area contributed by atoms with Crippen LogP contribution in [0.5, 0.6) is 34.5 Å². The smallest absolute Gasteiger partial charge is 0.394 e. The summed E-state index contributed by atoms with van der Waals surface area (Å²) in [4.78, 5) is 0. The fourth-order valence-corrected chi connectivity index (χ4v) is 3.83. The standard InChI is InChI=1S/3C11H17NO3.H2O4S/c3*1-7(2)12-6-11(15)8-3-9(13)5-10(14)4-8;1-5(2,3)4/h3*3-5,7,11-15H,6H2,1-2H3;(H2,1,2,3,4). The van der Waals surface area contributed by atoms with Crippen molar-refractivity contribution in [3.8, 4) is 34.5 Å². The van der Waals surface area contributed by atoms with Crippen LogP contribution in [0.2, 0.25) is 0 Å². The molecule has 3 unspecified atom stereocenters. The Balaban J connectivity index is 0.000000674. The largest absolute Gasteiger partial charge is 0.508 e. The number of aliphatic hydroxyl groups is 3. The van der Waals surface area contributed by atoms with Gasteiger partial charge in [0.25, 0.3) is 0 Å². The van der Waals surface area contributed by atoms with Crippen molar-refractivity contribution in [2.75, 3.05) is 19.6 Å². The van der Waals surface area contributed by atoms with Gasteiger partial charge in [-0.1, -0.05) is 41.5 Å². The van der Waals surface area contributed by atoms with Gasteiger partial charge in [-0.2, -0.15) is 8.42 Å². The van der Waals surface area contributed by atoms with Gasteiger partial charge in [0.1, 0.15) is 34.5 Å². The summed E-state index contributed by atoms with van der Waals surface area (Å²) in [6, 6.07) is 13.2. The highest BCUT2D eigenvalue weighted by Gasteiger charge is 2.12. The van der Waals surface area contributed by atoms with Gasteiger partial charge < -0.3 is 61.9 Å². The Morgan fingerprint density at radius 1 is 0.440 bits per heavy atom. The number of hydrogen-bond acceptors (Lipinski definition) is 14. The number of benzene rings is 3. The van der Waals surface area contributed by atoms with E-state index in [4.69, 9.17) is 17.5 Å². The molecule has 0 heterocycles. The van der Waals surface area contributed by atoms with Crippen molar-refractivity contribution in [1.82, 2.24) is 16.0 Å². The van der Waals surface area contributed by atoms with Crippen molar-refractivity contribution >= 4 is 10.4 Å². The maximum atomic E-state index is 9.73. The van der Waals surface area contributed by atoms with Gasteiger partial charge in [-0.25, -0.2) is 0 Å². The summed E-state index contributed by atoms with van der Waals surface area (Å²) in [7, 11) is -4.67. The van der Waals surface area contributed by atoms with E-state index >= 15 is 0 Å². The second-order valence-corrected chi connectivity index (χ2v) is 12.9. The maximum absolute atomic E-state index is 9.73. The minimum absolute atomic E-state index is 0.0476. The van der Waals surface area contributed by atoms with Gasteiger partial charge in [0.2, 0.25) is 0 Å². The quantitative estimate of drug-likeness (QED) is 0.119. The molecule has 0 amide bonds. The third kappa shape index (κ3) is 23.4. The van der Waals surface area contributed by atoms with Crippen LogP contribution in [-0.4, -0.2) is 101 Å². The van der Waals surface area contributed by atoms with Crippen LogP contribution in [0, 0.1) is 0 Å². The normalized spacial score (nSPS) is 12.9. The highest BCUT2D eigenvalue weighted by Crippen LogP contribution is 2.26. The van der Waals surface area contributed by atoms with Gasteiger partial charge in [-0.05, 0) is 53.1 Å². The Bertz CT molecular complexity index is 1300. The molecule has 0 aliphatic rings. The topological polar surface area (TPSA) is 293 Å². The van der Waals surface area contributed by atoms with Gasteiger partial charge in [0.15, 0.2) is 0 Å². The molecule has 0 aromatic heterocycles. The molecule has 3 rings (SSSR count). The fourth-order valence-electron chi connectivity index (χ4n) is 3.83. The first-order valence-corrected chi connectivity index (χ1v) is 16.9. The molecule has 0 aliphatic carbocycles. The van der Waals surface area contributed by atoms with E-state index in [1.54, 1.807) is 0 Å². The molecule has 0 radical (unpaired) electrons. The lowest BCUT2D eigenvalue weighted by molar-refractivity contribution is 0.170. The number of aromatic hydroxyl groups is 6. The molecular formula is C33H53N3O13S. The number of rotatable bonds is 12. The van der Waals surface area contributed by atoms with E-state index in [-0.39, 0.29) is 52.6 Å². The minimum atomic E-state index is -4.67. The lowest BCUT2D eigenvalue weighted by Gasteiger charge is -2.14. The van der Waals surface area contributed by atoms with Gasteiger partial charge in [-0.3, -0.25) is 9.11 Å². The predicted octanol–water partition coefficient (Wildman–Crippen LogP) is 2.73. The minimum Gasteiger partial charge on any atom is -0.508 e. The zero-order valence-corrected chi connectivity index (χ0v) is 29.7. The molecule has 0 saturated heterocycles. The van der Waals surface area contributed by atoms with Crippen LogP contribution in [0.4, 0.5) is 0 Å². The molecule has 3 atom stereocenters. The van der Waals surface area contributed by atoms with Crippen LogP contribution >= 0.6 is 0 Å². The lowest BCUT2D eigenvalue weighted by Crippen LogP contribution is -2.27. The molecule has 50 heavy (non-hydrogen) atoms. The molecule has 0 bridgehead atoms. The van der Waals surface area contributed by atoms with E-state index in [1.165, 1.54) is 54.6 Å². The first-order chi connectivity index (χ1) is 23.0. The summed E-state index contributed by atoms with van der Waals surface area (Å²) in [6.07, 6.45) is -2.19. The van der Waals surface area contributed by atoms with Crippen molar-refractivity contribution in [1.29, 1.82) is 0 Å². The van der Waals surface area contributed by atoms with Crippen molar-refractivity contribution in [3.05, 3.63) is 71.3 Å². The van der Waals surface area contributed by atoms with Crippen molar-refractivity contribution in [3.63, 3.8) is 0 Å². The number of aliphatic hydroxyl groups excluding tert-OH is 3. The summed E-state index contributed by atoms with van der Waals surface area (Å²) in [5.41, 5.74) is 1.50. The Morgan fingerprint density at radius 2 is 0.600 bits per heavy atom.